The molecule has 3 aromatic rings. The van der Waals surface area contributed by atoms with Gasteiger partial charge in [-0.3, -0.25) is 0 Å². The van der Waals surface area contributed by atoms with Crippen molar-refractivity contribution in [3.05, 3.63) is 42.3 Å². The Morgan fingerprint density at radius 2 is 2.11 bits per heavy atom. The molecule has 27 heavy (non-hydrogen) atoms. The molecule has 4 rings (SSSR count). The third-order valence-corrected chi connectivity index (χ3v) is 5.18. The van der Waals surface area contributed by atoms with Crippen molar-refractivity contribution in [3.8, 4) is 5.88 Å². The molecule has 0 unspecified atom stereocenters. The van der Waals surface area contributed by atoms with Crippen LogP contribution in [-0.4, -0.2) is 54.5 Å². The van der Waals surface area contributed by atoms with E-state index in [4.69, 9.17) is 4.74 Å². The molecule has 0 spiro atoms. The number of nitrogens with zero attached hydrogens (tertiary/aromatic N) is 8. The summed E-state index contributed by atoms with van der Waals surface area (Å²) in [5.74, 6) is 4.72. The van der Waals surface area contributed by atoms with E-state index in [0.717, 1.165) is 49.2 Å². The van der Waals surface area contributed by atoms with Crippen molar-refractivity contribution in [2.24, 2.45) is 7.05 Å². The Balaban J connectivity index is 1.52. The van der Waals surface area contributed by atoms with Crippen LogP contribution in [0, 0.1) is 6.92 Å². The Morgan fingerprint density at radius 1 is 1.22 bits per heavy atom. The molecule has 0 radical (unpaired) electrons. The average Bonchev–Trinajstić information content (AvgIpc) is 3.28. The number of hydrogen-bond acceptors (Lipinski definition) is 7. The third-order valence-electron chi connectivity index (χ3n) is 5.18. The second kappa shape index (κ2) is 7.34. The summed E-state index contributed by atoms with van der Waals surface area (Å²) < 4.78 is 9.42. The number of anilines is 1. The van der Waals surface area contributed by atoms with Gasteiger partial charge in [-0.15, -0.1) is 10.2 Å². The van der Waals surface area contributed by atoms with Gasteiger partial charge in [0.1, 0.15) is 23.8 Å². The summed E-state index contributed by atoms with van der Waals surface area (Å²) in [4.78, 5) is 15.0. The number of piperidine rings is 1. The summed E-state index contributed by atoms with van der Waals surface area (Å²) in [5.41, 5.74) is 0. The van der Waals surface area contributed by atoms with Crippen molar-refractivity contribution >= 4 is 5.82 Å². The molecule has 0 aliphatic carbocycles. The van der Waals surface area contributed by atoms with Gasteiger partial charge in [0.05, 0.1) is 13.7 Å². The van der Waals surface area contributed by atoms with Crippen LogP contribution in [0.4, 0.5) is 5.82 Å². The van der Waals surface area contributed by atoms with Gasteiger partial charge in [0.2, 0.25) is 5.88 Å². The highest BCUT2D eigenvalue weighted by Crippen LogP contribution is 2.29. The van der Waals surface area contributed by atoms with Crippen LogP contribution in [0.25, 0.3) is 0 Å². The molecular weight excluding hydrogens is 344 g/mol. The summed E-state index contributed by atoms with van der Waals surface area (Å²) in [5, 5.41) is 8.94. The van der Waals surface area contributed by atoms with Gasteiger partial charge in [-0.1, -0.05) is 0 Å². The molecule has 0 N–H and O–H groups in total. The summed E-state index contributed by atoms with van der Waals surface area (Å²) in [6.45, 7) is 4.49. The first-order valence-corrected chi connectivity index (χ1v) is 9.12. The van der Waals surface area contributed by atoms with Gasteiger partial charge in [-0.25, -0.2) is 15.0 Å². The van der Waals surface area contributed by atoms with Gasteiger partial charge in [0, 0.05) is 44.5 Å². The molecular formula is C18H24N8O. The summed E-state index contributed by atoms with van der Waals surface area (Å²) in [6.07, 6.45) is 7.50. The Bertz CT molecular complexity index is 918. The topological polar surface area (TPSA) is 86.8 Å². The van der Waals surface area contributed by atoms with Crippen LogP contribution >= 0.6 is 0 Å². The summed E-state index contributed by atoms with van der Waals surface area (Å²) >= 11 is 0. The molecule has 0 aromatic carbocycles. The van der Waals surface area contributed by atoms with Crippen LogP contribution in [0.1, 0.15) is 36.2 Å². The number of methoxy groups -OCH3 is 1. The van der Waals surface area contributed by atoms with Crippen LogP contribution in [0.15, 0.2) is 24.8 Å². The molecule has 3 aromatic heterocycles. The van der Waals surface area contributed by atoms with E-state index in [1.54, 1.807) is 13.4 Å². The maximum atomic E-state index is 5.23. The third kappa shape index (κ3) is 3.49. The van der Waals surface area contributed by atoms with E-state index in [9.17, 15) is 0 Å². The molecule has 0 amide bonds. The molecule has 1 saturated heterocycles. The van der Waals surface area contributed by atoms with Crippen LogP contribution in [0.3, 0.4) is 0 Å². The number of hydrogen-bond donors (Lipinski definition) is 0. The van der Waals surface area contributed by atoms with E-state index in [-0.39, 0.29) is 0 Å². The quantitative estimate of drug-likeness (QED) is 0.675. The number of aromatic nitrogens is 7. The number of imidazole rings is 1. The van der Waals surface area contributed by atoms with Crippen molar-refractivity contribution in [2.45, 2.75) is 32.2 Å². The fraction of sp³-hybridized carbons (Fsp3) is 0.500. The number of ether oxygens (including phenoxy) is 1. The second-order valence-corrected chi connectivity index (χ2v) is 6.84. The van der Waals surface area contributed by atoms with Crippen molar-refractivity contribution in [2.75, 3.05) is 25.1 Å². The van der Waals surface area contributed by atoms with E-state index in [0.29, 0.717) is 18.3 Å². The minimum Gasteiger partial charge on any atom is -0.481 e. The maximum absolute atomic E-state index is 5.23. The normalized spacial score (nSPS) is 17.3. The molecule has 9 heteroatoms. The maximum Gasteiger partial charge on any atom is 0.218 e. The minimum atomic E-state index is 0.315. The van der Waals surface area contributed by atoms with Gasteiger partial charge in [-0.2, -0.15) is 0 Å². The smallest absolute Gasteiger partial charge is 0.218 e. The Morgan fingerprint density at radius 3 is 2.89 bits per heavy atom. The average molecular weight is 368 g/mol. The predicted molar refractivity (Wildman–Crippen MR) is 99.8 cm³/mol. The highest BCUT2D eigenvalue weighted by atomic mass is 16.5. The van der Waals surface area contributed by atoms with Gasteiger partial charge in [0.15, 0.2) is 5.82 Å². The first kappa shape index (κ1) is 17.4. The number of aryl methyl sites for hydroxylation is 1. The Labute approximate surface area is 158 Å². The Kier molecular flexibility index (Phi) is 4.74. The van der Waals surface area contributed by atoms with E-state index in [1.165, 1.54) is 0 Å². The Hall–Kier alpha value is -2.97. The van der Waals surface area contributed by atoms with Crippen molar-refractivity contribution in [3.63, 3.8) is 0 Å². The molecule has 9 nitrogen and oxygen atoms in total. The highest BCUT2D eigenvalue weighted by molar-refractivity contribution is 5.41. The lowest BCUT2D eigenvalue weighted by Crippen LogP contribution is -2.36. The molecule has 4 heterocycles. The fourth-order valence-electron chi connectivity index (χ4n) is 3.60. The van der Waals surface area contributed by atoms with Gasteiger partial charge in [-0.05, 0) is 19.8 Å². The molecule has 1 aliphatic rings. The SMILES string of the molecule is COc1cc(N2CCC[C@@H](c3nnc(Cn4ccnc4C)n3C)C2)ncn1. The van der Waals surface area contributed by atoms with Crippen LogP contribution < -0.4 is 9.64 Å². The van der Waals surface area contributed by atoms with E-state index >= 15 is 0 Å². The summed E-state index contributed by atoms with van der Waals surface area (Å²) in [7, 11) is 3.66. The largest absolute Gasteiger partial charge is 0.481 e. The van der Waals surface area contributed by atoms with Gasteiger partial charge in [0.25, 0.3) is 0 Å². The van der Waals surface area contributed by atoms with Crippen LogP contribution in [0.5, 0.6) is 5.88 Å². The van der Waals surface area contributed by atoms with Crippen LogP contribution in [0.2, 0.25) is 0 Å². The van der Waals surface area contributed by atoms with Crippen molar-refractivity contribution in [1.82, 2.24) is 34.3 Å². The molecule has 1 atom stereocenters. The van der Waals surface area contributed by atoms with Crippen LogP contribution in [-0.2, 0) is 13.6 Å². The lowest BCUT2D eigenvalue weighted by molar-refractivity contribution is 0.396. The lowest BCUT2D eigenvalue weighted by atomic mass is 9.97. The van der Waals surface area contributed by atoms with Gasteiger partial charge >= 0.3 is 0 Å². The minimum absolute atomic E-state index is 0.315. The van der Waals surface area contributed by atoms with E-state index < -0.39 is 0 Å². The standard InChI is InChI=1S/C18H24N8O/c1-13-19-6-8-25(13)11-16-22-23-18(24(16)2)14-5-4-7-26(10-14)15-9-17(27-3)21-12-20-15/h6,8-9,12,14H,4-5,7,10-11H2,1-3H3/t14-/m1/s1. The van der Waals surface area contributed by atoms with Crippen molar-refractivity contribution < 1.29 is 4.74 Å². The first-order valence-electron chi connectivity index (χ1n) is 9.12. The van der Waals surface area contributed by atoms with Gasteiger partial charge < -0.3 is 18.8 Å². The van der Waals surface area contributed by atoms with E-state index in [1.807, 2.05) is 32.4 Å². The first-order chi connectivity index (χ1) is 13.2. The van der Waals surface area contributed by atoms with Crippen molar-refractivity contribution in [1.29, 1.82) is 0 Å². The predicted octanol–water partition coefficient (Wildman–Crippen LogP) is 1.55. The molecule has 1 aliphatic heterocycles. The highest BCUT2D eigenvalue weighted by Gasteiger charge is 2.27. The zero-order chi connectivity index (χ0) is 18.8. The molecule has 142 valence electrons. The number of rotatable bonds is 5. The second-order valence-electron chi connectivity index (χ2n) is 6.84. The zero-order valence-electron chi connectivity index (χ0n) is 15.9. The van der Waals surface area contributed by atoms with E-state index in [2.05, 4.69) is 39.2 Å². The fourth-order valence-corrected chi connectivity index (χ4v) is 3.60. The molecule has 1 fully saturated rings. The zero-order valence-corrected chi connectivity index (χ0v) is 15.9. The lowest BCUT2D eigenvalue weighted by Gasteiger charge is -2.33. The molecule has 0 saturated carbocycles. The molecule has 0 bridgehead atoms. The summed E-state index contributed by atoms with van der Waals surface area (Å²) in [6, 6.07) is 1.88. The monoisotopic (exact) mass is 368 g/mol.